The largest absolute Gasteiger partial charge is 0.450 e. The van der Waals surface area contributed by atoms with Crippen LogP contribution >= 0.6 is 23.2 Å². The second kappa shape index (κ2) is 11.5. The maximum Gasteiger partial charge on any atom is 0.234 e. The Labute approximate surface area is 238 Å². The van der Waals surface area contributed by atoms with E-state index in [1.807, 2.05) is 44.2 Å². The molecule has 0 aliphatic rings. The minimum absolute atomic E-state index is 0.00354. The lowest BCUT2D eigenvalue weighted by molar-refractivity contribution is -0.127. The first-order valence-electron chi connectivity index (χ1n) is 12.4. The maximum atomic E-state index is 13.1. The minimum Gasteiger partial charge on any atom is -0.450 e. The van der Waals surface area contributed by atoms with E-state index < -0.39 is 15.5 Å². The summed E-state index contributed by atoms with van der Waals surface area (Å²) in [5.41, 5.74) is 9.70. The Hall–Kier alpha value is -3.26. The lowest BCUT2D eigenvalue weighted by atomic mass is 10.0. The van der Waals surface area contributed by atoms with E-state index in [1.54, 1.807) is 18.2 Å². The van der Waals surface area contributed by atoms with E-state index in [-0.39, 0.29) is 34.5 Å². The highest BCUT2D eigenvalue weighted by molar-refractivity contribution is 7.97. The molecule has 1 aromatic heterocycles. The van der Waals surface area contributed by atoms with Gasteiger partial charge in [0.05, 0.1) is 17.3 Å². The predicted molar refractivity (Wildman–Crippen MR) is 162 cm³/mol. The molecule has 0 fully saturated rings. The Morgan fingerprint density at radius 1 is 1.05 bits per heavy atom. The number of hydrogen-bond acceptors (Lipinski definition) is 5. The summed E-state index contributed by atoms with van der Waals surface area (Å²) >= 11 is 12.2. The molecule has 4 aromatic rings. The van der Waals surface area contributed by atoms with Crippen LogP contribution in [0.3, 0.4) is 0 Å². The molecule has 0 radical (unpaired) electrons. The fourth-order valence-electron chi connectivity index (χ4n) is 4.25. The number of carbonyl (C=O) groups excluding carboxylic acids is 2. The van der Waals surface area contributed by atoms with Gasteiger partial charge in [0.1, 0.15) is 5.58 Å². The number of fused-ring (bicyclic) bond motifs is 1. The Bertz CT molecular complexity index is 1680. The molecule has 1 atom stereocenters. The van der Waals surface area contributed by atoms with Crippen molar-refractivity contribution in [2.24, 2.45) is 5.92 Å². The third-order valence-corrected chi connectivity index (χ3v) is 8.19. The van der Waals surface area contributed by atoms with Crippen LogP contribution in [0.2, 0.25) is 10.0 Å². The van der Waals surface area contributed by atoms with Gasteiger partial charge in [0, 0.05) is 38.4 Å². The van der Waals surface area contributed by atoms with Crippen molar-refractivity contribution >= 4 is 67.1 Å². The number of ketones is 1. The van der Waals surface area contributed by atoms with Gasteiger partial charge in [0.15, 0.2) is 5.76 Å². The van der Waals surface area contributed by atoms with E-state index in [2.05, 4.69) is 5.87 Å². The molecule has 39 heavy (non-hydrogen) atoms. The molecule has 3 aromatic carbocycles. The number of anilines is 1. The average molecular weight is 586 g/mol. The van der Waals surface area contributed by atoms with Crippen molar-refractivity contribution < 1.29 is 18.2 Å². The molecule has 0 aliphatic heterocycles. The summed E-state index contributed by atoms with van der Waals surface area (Å²) in [7, 11) is -2.75. The molecule has 0 aliphatic carbocycles. The average Bonchev–Trinajstić information content (AvgIpc) is 3.20. The van der Waals surface area contributed by atoms with Gasteiger partial charge in [0.2, 0.25) is 11.7 Å². The van der Waals surface area contributed by atoms with Crippen LogP contribution in [0, 0.1) is 5.92 Å². The van der Waals surface area contributed by atoms with Crippen LogP contribution < -0.4 is 5.73 Å². The Balaban J connectivity index is 1.64. The van der Waals surface area contributed by atoms with Crippen molar-refractivity contribution in [2.45, 2.75) is 33.2 Å². The second-order valence-electron chi connectivity index (χ2n) is 10.0. The smallest absolute Gasteiger partial charge is 0.234 e. The van der Waals surface area contributed by atoms with Crippen molar-refractivity contribution in [3.63, 3.8) is 0 Å². The zero-order valence-corrected chi connectivity index (χ0v) is 24.3. The lowest BCUT2D eigenvalue weighted by Gasteiger charge is -2.25. The van der Waals surface area contributed by atoms with Gasteiger partial charge in [-0.05, 0) is 71.3 Å². The molecule has 0 spiro atoms. The Morgan fingerprint density at radius 3 is 2.44 bits per heavy atom. The minimum atomic E-state index is -2.75. The normalized spacial score (nSPS) is 13.0. The Kier molecular flexibility index (Phi) is 8.45. The first kappa shape index (κ1) is 28.7. The van der Waals surface area contributed by atoms with Gasteiger partial charge in [-0.15, -0.1) is 0 Å². The Morgan fingerprint density at radius 2 is 1.77 bits per heavy atom. The van der Waals surface area contributed by atoms with Crippen LogP contribution in [0.4, 0.5) is 5.69 Å². The first-order chi connectivity index (χ1) is 18.3. The quantitative estimate of drug-likeness (QED) is 0.165. The zero-order valence-electron chi connectivity index (χ0n) is 22.0. The predicted octanol–water partition coefficient (Wildman–Crippen LogP) is 7.25. The summed E-state index contributed by atoms with van der Waals surface area (Å²) in [6.07, 6.45) is 2.51. The highest BCUT2D eigenvalue weighted by atomic mass is 35.5. The fraction of sp³-hybridized carbons (Fsp3) is 0.233. The topological polar surface area (TPSA) is 93.6 Å². The summed E-state index contributed by atoms with van der Waals surface area (Å²) in [6.45, 7) is 4.27. The van der Waals surface area contributed by atoms with Crippen LogP contribution in [-0.4, -0.2) is 32.3 Å². The van der Waals surface area contributed by atoms with Crippen molar-refractivity contribution in [1.82, 2.24) is 4.31 Å². The third-order valence-electron chi connectivity index (χ3n) is 6.38. The second-order valence-corrected chi connectivity index (χ2v) is 13.2. The number of benzene rings is 3. The maximum absolute atomic E-state index is 13.1. The van der Waals surface area contributed by atoms with E-state index in [4.69, 9.17) is 33.4 Å². The SMILES string of the molecule is C=S(C)(=O)N(Cc1cccc(-c2ccc3c(N)c(C(=O)c4ccc(Cl)cc4Cl)oc3c2)c1)C(=O)CCC(C)C. The van der Waals surface area contributed by atoms with E-state index >= 15 is 0 Å². The molecule has 1 heterocycles. The molecule has 9 heteroatoms. The van der Waals surface area contributed by atoms with Crippen LogP contribution in [0.25, 0.3) is 22.1 Å². The number of amides is 1. The van der Waals surface area contributed by atoms with Gasteiger partial charge in [-0.1, -0.05) is 61.3 Å². The monoisotopic (exact) mass is 584 g/mol. The number of carbonyl (C=O) groups is 2. The summed E-state index contributed by atoms with van der Waals surface area (Å²) in [5, 5.41) is 1.23. The van der Waals surface area contributed by atoms with E-state index in [1.165, 1.54) is 22.7 Å². The summed E-state index contributed by atoms with van der Waals surface area (Å²) in [5.74, 6) is 3.50. The van der Waals surface area contributed by atoms with Gasteiger partial charge in [0.25, 0.3) is 0 Å². The number of nitrogen functional groups attached to an aromatic ring is 1. The molecule has 204 valence electrons. The van der Waals surface area contributed by atoms with Crippen LogP contribution in [-0.2, 0) is 21.0 Å². The zero-order chi connectivity index (χ0) is 28.5. The van der Waals surface area contributed by atoms with E-state index in [9.17, 15) is 13.8 Å². The molecule has 0 saturated heterocycles. The molecule has 6 nitrogen and oxygen atoms in total. The third kappa shape index (κ3) is 6.49. The molecule has 1 unspecified atom stereocenters. The van der Waals surface area contributed by atoms with Crippen LogP contribution in [0.5, 0.6) is 0 Å². The first-order valence-corrected chi connectivity index (χ1v) is 15.2. The van der Waals surface area contributed by atoms with Crippen molar-refractivity contribution in [1.29, 1.82) is 0 Å². The number of furan rings is 1. The van der Waals surface area contributed by atoms with Crippen LogP contribution in [0.1, 0.15) is 48.4 Å². The number of rotatable bonds is 9. The number of halogens is 2. The van der Waals surface area contributed by atoms with Gasteiger partial charge in [-0.25, -0.2) is 4.21 Å². The standard InChI is InChI=1S/C30H30Cl2N2O4S/c1-18(2)8-13-27(35)34(39(3,4)37)17-19-6-5-7-20(14-19)21-9-11-24-26(15-21)38-30(28(24)33)29(36)23-12-10-22(31)16-25(23)32/h5-7,9-12,14-16,18H,3,8,13,17,33H2,1-2,4H3. The molecule has 1 amide bonds. The van der Waals surface area contributed by atoms with Crippen molar-refractivity contribution in [2.75, 3.05) is 12.0 Å². The summed E-state index contributed by atoms with van der Waals surface area (Å²) in [4.78, 5) is 26.0. The molecular weight excluding hydrogens is 555 g/mol. The van der Waals surface area contributed by atoms with Crippen LogP contribution in [0.15, 0.2) is 65.1 Å². The summed E-state index contributed by atoms with van der Waals surface area (Å²) in [6, 6.07) is 17.7. The van der Waals surface area contributed by atoms with E-state index in [0.29, 0.717) is 34.8 Å². The van der Waals surface area contributed by atoms with Gasteiger partial charge < -0.3 is 10.2 Å². The molecule has 2 N–H and O–H groups in total. The molecule has 4 rings (SSSR count). The molecule has 0 saturated carbocycles. The fourth-order valence-corrected chi connectivity index (χ4v) is 5.69. The van der Waals surface area contributed by atoms with E-state index in [0.717, 1.165) is 16.7 Å². The van der Waals surface area contributed by atoms with Gasteiger partial charge in [-0.2, -0.15) is 0 Å². The van der Waals surface area contributed by atoms with Crippen molar-refractivity contribution in [3.05, 3.63) is 87.6 Å². The van der Waals surface area contributed by atoms with Gasteiger partial charge in [-0.3, -0.25) is 13.9 Å². The number of nitrogens with two attached hydrogens (primary N) is 1. The number of nitrogens with zero attached hydrogens (tertiary/aromatic N) is 1. The van der Waals surface area contributed by atoms with Crippen molar-refractivity contribution in [3.8, 4) is 11.1 Å². The molecule has 0 bridgehead atoms. The number of hydrogen-bond donors (Lipinski definition) is 1. The molecular formula is C30H30Cl2N2O4S. The van der Waals surface area contributed by atoms with Gasteiger partial charge >= 0.3 is 0 Å². The lowest BCUT2D eigenvalue weighted by Crippen LogP contribution is -2.35. The highest BCUT2D eigenvalue weighted by Gasteiger charge is 2.23. The highest BCUT2D eigenvalue weighted by Crippen LogP contribution is 2.35. The summed E-state index contributed by atoms with van der Waals surface area (Å²) < 4.78 is 20.1.